The van der Waals surface area contributed by atoms with Gasteiger partial charge >= 0.3 is 0 Å². The van der Waals surface area contributed by atoms with Gasteiger partial charge in [0.25, 0.3) is 0 Å². The van der Waals surface area contributed by atoms with Crippen LogP contribution < -0.4 is 0 Å². The highest BCUT2D eigenvalue weighted by Gasteiger charge is 2.16. The van der Waals surface area contributed by atoms with E-state index < -0.39 is 0 Å². The summed E-state index contributed by atoms with van der Waals surface area (Å²) >= 11 is 0. The van der Waals surface area contributed by atoms with Gasteiger partial charge in [0.1, 0.15) is 0 Å². The van der Waals surface area contributed by atoms with Gasteiger partial charge in [0.05, 0.1) is 6.61 Å². The normalized spacial score (nSPS) is 23.7. The predicted molar refractivity (Wildman–Crippen MR) is 46.9 cm³/mol. The topological polar surface area (TPSA) is 29.5 Å². The van der Waals surface area contributed by atoms with Crippen molar-refractivity contribution in [3.63, 3.8) is 0 Å². The van der Waals surface area contributed by atoms with Gasteiger partial charge in [0, 0.05) is 27.1 Å². The molecule has 1 amide bonds. The van der Waals surface area contributed by atoms with Gasteiger partial charge in [-0.2, -0.15) is 0 Å². The van der Waals surface area contributed by atoms with Crippen molar-refractivity contribution in [1.29, 1.82) is 0 Å². The van der Waals surface area contributed by atoms with E-state index in [0.29, 0.717) is 5.92 Å². The van der Waals surface area contributed by atoms with Crippen LogP contribution in [0.3, 0.4) is 0 Å². The Morgan fingerprint density at radius 2 is 2.42 bits per heavy atom. The Morgan fingerprint density at radius 3 is 2.92 bits per heavy atom. The second-order valence-corrected chi connectivity index (χ2v) is 3.48. The van der Waals surface area contributed by atoms with E-state index in [4.69, 9.17) is 4.74 Å². The highest BCUT2D eigenvalue weighted by Crippen LogP contribution is 2.14. The third-order valence-electron chi connectivity index (χ3n) is 2.32. The van der Waals surface area contributed by atoms with Gasteiger partial charge in [0.15, 0.2) is 0 Å². The molecule has 1 saturated heterocycles. The van der Waals surface area contributed by atoms with Crippen LogP contribution in [0.15, 0.2) is 0 Å². The lowest BCUT2D eigenvalue weighted by Crippen LogP contribution is -2.33. The van der Waals surface area contributed by atoms with Gasteiger partial charge in [-0.3, -0.25) is 4.79 Å². The van der Waals surface area contributed by atoms with E-state index in [-0.39, 0.29) is 5.91 Å². The molecular weight excluding hydrogens is 154 g/mol. The molecule has 0 aliphatic carbocycles. The molecule has 1 aliphatic rings. The molecule has 3 heteroatoms. The summed E-state index contributed by atoms with van der Waals surface area (Å²) in [7, 11) is 1.84. The fraction of sp³-hybridized carbons (Fsp3) is 0.889. The summed E-state index contributed by atoms with van der Waals surface area (Å²) in [6.07, 6.45) is 2.33. The molecule has 1 aliphatic heterocycles. The highest BCUT2D eigenvalue weighted by molar-refractivity contribution is 5.72. The molecular formula is C9H17NO2. The minimum absolute atomic E-state index is 0.139. The predicted octanol–water partition coefficient (Wildman–Crippen LogP) is 0.891. The van der Waals surface area contributed by atoms with Crippen LogP contribution in [0.1, 0.15) is 19.8 Å². The monoisotopic (exact) mass is 171 g/mol. The lowest BCUT2D eigenvalue weighted by atomic mass is 10.0. The van der Waals surface area contributed by atoms with Crippen molar-refractivity contribution in [2.75, 3.05) is 26.8 Å². The summed E-state index contributed by atoms with van der Waals surface area (Å²) in [5.74, 6) is 0.688. The van der Waals surface area contributed by atoms with Crippen LogP contribution >= 0.6 is 0 Å². The molecule has 12 heavy (non-hydrogen) atoms. The summed E-state index contributed by atoms with van der Waals surface area (Å²) in [6.45, 7) is 4.15. The lowest BCUT2D eigenvalue weighted by Gasteiger charge is -2.26. The number of amides is 1. The quantitative estimate of drug-likeness (QED) is 0.617. The molecule has 70 valence electrons. The Bertz CT molecular complexity index is 153. The first-order valence-corrected chi connectivity index (χ1v) is 4.49. The van der Waals surface area contributed by atoms with E-state index in [9.17, 15) is 4.79 Å². The molecule has 0 bridgehead atoms. The maximum absolute atomic E-state index is 10.9. The summed E-state index contributed by atoms with van der Waals surface area (Å²) in [5, 5.41) is 0. The van der Waals surface area contributed by atoms with Crippen molar-refractivity contribution >= 4 is 5.91 Å². The second-order valence-electron chi connectivity index (χ2n) is 3.48. The van der Waals surface area contributed by atoms with Crippen molar-refractivity contribution in [3.05, 3.63) is 0 Å². The zero-order valence-electron chi connectivity index (χ0n) is 7.88. The fourth-order valence-corrected chi connectivity index (χ4v) is 1.47. The van der Waals surface area contributed by atoms with Crippen molar-refractivity contribution < 1.29 is 9.53 Å². The summed E-state index contributed by atoms with van der Waals surface area (Å²) in [4.78, 5) is 12.7. The average molecular weight is 171 g/mol. The maximum Gasteiger partial charge on any atom is 0.219 e. The van der Waals surface area contributed by atoms with Gasteiger partial charge < -0.3 is 9.64 Å². The number of rotatable bonds is 2. The van der Waals surface area contributed by atoms with E-state index in [2.05, 4.69) is 0 Å². The molecule has 0 N–H and O–H groups in total. The smallest absolute Gasteiger partial charge is 0.219 e. The molecule has 0 saturated carbocycles. The van der Waals surface area contributed by atoms with E-state index >= 15 is 0 Å². The number of carbonyl (C=O) groups excluding carboxylic acids is 1. The molecule has 0 spiro atoms. The maximum atomic E-state index is 10.9. The first kappa shape index (κ1) is 9.52. The minimum Gasteiger partial charge on any atom is -0.381 e. The van der Waals surface area contributed by atoms with Crippen LogP contribution in [0, 0.1) is 5.92 Å². The number of hydrogen-bond acceptors (Lipinski definition) is 2. The zero-order valence-corrected chi connectivity index (χ0v) is 7.88. The Balaban J connectivity index is 2.24. The standard InChI is InChI=1S/C9H17NO2/c1-8(11)10(2)6-9-4-3-5-12-7-9/h9H,3-7H2,1-2H3. The Kier molecular flexibility index (Phi) is 3.53. The molecule has 1 atom stereocenters. The summed E-state index contributed by atoms with van der Waals surface area (Å²) < 4.78 is 5.32. The van der Waals surface area contributed by atoms with Crippen molar-refractivity contribution in [2.24, 2.45) is 5.92 Å². The third kappa shape index (κ3) is 2.81. The fourth-order valence-electron chi connectivity index (χ4n) is 1.47. The van der Waals surface area contributed by atoms with Gasteiger partial charge in [-0.25, -0.2) is 0 Å². The van der Waals surface area contributed by atoms with Crippen LogP contribution in [0.5, 0.6) is 0 Å². The SMILES string of the molecule is CC(=O)N(C)CC1CCCOC1. The molecule has 1 heterocycles. The van der Waals surface area contributed by atoms with E-state index in [1.165, 1.54) is 6.42 Å². The first-order valence-electron chi connectivity index (χ1n) is 4.49. The molecule has 0 radical (unpaired) electrons. The van der Waals surface area contributed by atoms with Gasteiger partial charge in [0.2, 0.25) is 5.91 Å². The number of hydrogen-bond donors (Lipinski definition) is 0. The van der Waals surface area contributed by atoms with E-state index in [1.807, 2.05) is 7.05 Å². The van der Waals surface area contributed by atoms with Crippen LogP contribution in [0.4, 0.5) is 0 Å². The number of nitrogens with zero attached hydrogens (tertiary/aromatic N) is 1. The van der Waals surface area contributed by atoms with Gasteiger partial charge in [-0.15, -0.1) is 0 Å². The van der Waals surface area contributed by atoms with Crippen molar-refractivity contribution in [1.82, 2.24) is 4.90 Å². The largest absolute Gasteiger partial charge is 0.381 e. The Labute approximate surface area is 73.7 Å². The van der Waals surface area contributed by atoms with Crippen molar-refractivity contribution in [3.8, 4) is 0 Å². The Morgan fingerprint density at radius 1 is 1.67 bits per heavy atom. The average Bonchev–Trinajstić information content (AvgIpc) is 2.06. The van der Waals surface area contributed by atoms with Gasteiger partial charge in [-0.05, 0) is 18.8 Å². The minimum atomic E-state index is 0.139. The first-order chi connectivity index (χ1) is 5.70. The molecule has 1 unspecified atom stereocenters. The molecule has 0 aromatic carbocycles. The molecule has 3 nitrogen and oxygen atoms in total. The van der Waals surface area contributed by atoms with E-state index in [1.54, 1.807) is 11.8 Å². The summed E-state index contributed by atoms with van der Waals surface area (Å²) in [5.41, 5.74) is 0. The Hall–Kier alpha value is -0.570. The van der Waals surface area contributed by atoms with Crippen LogP contribution in [-0.4, -0.2) is 37.6 Å². The molecule has 0 aromatic rings. The number of ether oxygens (including phenoxy) is 1. The number of carbonyl (C=O) groups is 1. The zero-order chi connectivity index (χ0) is 8.97. The second kappa shape index (κ2) is 4.45. The highest BCUT2D eigenvalue weighted by atomic mass is 16.5. The van der Waals surface area contributed by atoms with Gasteiger partial charge in [-0.1, -0.05) is 0 Å². The van der Waals surface area contributed by atoms with Crippen molar-refractivity contribution in [2.45, 2.75) is 19.8 Å². The van der Waals surface area contributed by atoms with Crippen LogP contribution in [-0.2, 0) is 9.53 Å². The van der Waals surface area contributed by atoms with Crippen LogP contribution in [0.2, 0.25) is 0 Å². The lowest BCUT2D eigenvalue weighted by molar-refractivity contribution is -0.128. The van der Waals surface area contributed by atoms with Crippen LogP contribution in [0.25, 0.3) is 0 Å². The summed E-state index contributed by atoms with van der Waals surface area (Å²) in [6, 6.07) is 0. The third-order valence-corrected chi connectivity index (χ3v) is 2.32. The molecule has 0 aromatic heterocycles. The van der Waals surface area contributed by atoms with E-state index in [0.717, 1.165) is 26.2 Å². The molecule has 1 fully saturated rings. The molecule has 1 rings (SSSR count).